The molecule has 1 fully saturated rings. The topological polar surface area (TPSA) is 47.3 Å². The quantitative estimate of drug-likeness (QED) is 0.822. The van der Waals surface area contributed by atoms with Gasteiger partial charge in [-0.25, -0.2) is 4.98 Å². The van der Waals surface area contributed by atoms with Gasteiger partial charge in [-0.1, -0.05) is 0 Å². The first-order valence-corrected chi connectivity index (χ1v) is 5.63. The van der Waals surface area contributed by atoms with Crippen molar-refractivity contribution >= 4 is 0 Å². The van der Waals surface area contributed by atoms with Gasteiger partial charge in [0, 0.05) is 25.5 Å². The minimum absolute atomic E-state index is 0.0774. The third-order valence-corrected chi connectivity index (χ3v) is 2.92. The molecule has 1 aromatic rings. The van der Waals surface area contributed by atoms with Gasteiger partial charge < -0.3 is 14.4 Å². The lowest BCUT2D eigenvalue weighted by Gasteiger charge is -2.26. The van der Waals surface area contributed by atoms with Gasteiger partial charge in [-0.15, -0.1) is 0 Å². The molecule has 0 amide bonds. The van der Waals surface area contributed by atoms with Gasteiger partial charge in [0.1, 0.15) is 11.9 Å². The van der Waals surface area contributed by atoms with E-state index in [0.29, 0.717) is 0 Å². The number of imidazole rings is 1. The van der Waals surface area contributed by atoms with Crippen LogP contribution in [-0.2, 0) is 11.3 Å². The summed E-state index contributed by atoms with van der Waals surface area (Å²) in [5.74, 6) is 0.726. The van der Waals surface area contributed by atoms with Gasteiger partial charge in [0.05, 0.1) is 6.10 Å². The zero-order chi connectivity index (χ0) is 10.7. The van der Waals surface area contributed by atoms with E-state index in [0.717, 1.165) is 38.2 Å². The number of aromatic nitrogens is 2. The third kappa shape index (κ3) is 2.21. The lowest BCUT2D eigenvalue weighted by atomic mass is 10.0. The van der Waals surface area contributed by atoms with Crippen molar-refractivity contribution in [1.82, 2.24) is 9.55 Å². The van der Waals surface area contributed by atoms with Crippen molar-refractivity contribution in [3.05, 3.63) is 18.2 Å². The van der Waals surface area contributed by atoms with Crippen LogP contribution >= 0.6 is 0 Å². The molecule has 0 spiro atoms. The Bertz CT molecular complexity index is 305. The fourth-order valence-electron chi connectivity index (χ4n) is 2.04. The highest BCUT2D eigenvalue weighted by atomic mass is 16.5. The maximum absolute atomic E-state index is 10.1. The fraction of sp³-hybridized carbons (Fsp3) is 0.727. The molecule has 0 saturated carbocycles. The number of aliphatic hydroxyl groups is 1. The molecule has 2 heterocycles. The highest BCUT2D eigenvalue weighted by Gasteiger charge is 2.26. The summed E-state index contributed by atoms with van der Waals surface area (Å²) in [5, 5.41) is 10.1. The Labute approximate surface area is 89.9 Å². The highest BCUT2D eigenvalue weighted by Crippen LogP contribution is 2.25. The number of hydrogen-bond donors (Lipinski definition) is 1. The van der Waals surface area contributed by atoms with E-state index >= 15 is 0 Å². The first-order valence-electron chi connectivity index (χ1n) is 5.63. The van der Waals surface area contributed by atoms with Crippen LogP contribution in [0, 0.1) is 0 Å². The molecule has 1 N–H and O–H groups in total. The summed E-state index contributed by atoms with van der Waals surface area (Å²) in [5.41, 5.74) is 0. The summed E-state index contributed by atoms with van der Waals surface area (Å²) in [6, 6.07) is 0. The Kier molecular flexibility index (Phi) is 3.38. The number of aryl methyl sites for hydroxylation is 1. The number of aliphatic hydroxyl groups excluding tert-OH is 1. The molecule has 15 heavy (non-hydrogen) atoms. The average molecular weight is 210 g/mol. The number of nitrogens with zero attached hydrogens (tertiary/aromatic N) is 2. The summed E-state index contributed by atoms with van der Waals surface area (Å²) in [6.07, 6.45) is 6.12. The van der Waals surface area contributed by atoms with Gasteiger partial charge in [0.15, 0.2) is 0 Å². The number of hydrogen-bond acceptors (Lipinski definition) is 3. The van der Waals surface area contributed by atoms with E-state index in [1.807, 2.05) is 17.7 Å². The van der Waals surface area contributed by atoms with Crippen LogP contribution in [0.5, 0.6) is 0 Å². The molecule has 4 heteroatoms. The first-order chi connectivity index (χ1) is 7.33. The van der Waals surface area contributed by atoms with Crippen LogP contribution in [0.15, 0.2) is 12.4 Å². The average Bonchev–Trinajstić information content (AvgIpc) is 2.77. The molecule has 1 aliphatic rings. The van der Waals surface area contributed by atoms with Crippen LogP contribution in [0.3, 0.4) is 0 Å². The van der Waals surface area contributed by atoms with Crippen LogP contribution in [0.4, 0.5) is 0 Å². The van der Waals surface area contributed by atoms with E-state index < -0.39 is 6.10 Å². The SMILES string of the molecule is CCn1ccnc1C(O)C1CCCCO1. The monoisotopic (exact) mass is 210 g/mol. The van der Waals surface area contributed by atoms with Crippen molar-refractivity contribution in [2.45, 2.75) is 44.9 Å². The van der Waals surface area contributed by atoms with Crippen molar-refractivity contribution in [2.75, 3.05) is 6.61 Å². The van der Waals surface area contributed by atoms with Crippen molar-refractivity contribution in [1.29, 1.82) is 0 Å². The van der Waals surface area contributed by atoms with E-state index in [1.54, 1.807) is 6.20 Å². The predicted octanol–water partition coefficient (Wildman–Crippen LogP) is 1.51. The Morgan fingerprint density at radius 1 is 1.67 bits per heavy atom. The molecule has 2 rings (SSSR count). The van der Waals surface area contributed by atoms with Gasteiger partial charge in [-0.05, 0) is 26.2 Å². The van der Waals surface area contributed by atoms with Crippen molar-refractivity contribution < 1.29 is 9.84 Å². The molecule has 84 valence electrons. The molecular formula is C11H18N2O2. The van der Waals surface area contributed by atoms with Crippen LogP contribution in [0.1, 0.15) is 38.1 Å². The summed E-state index contributed by atoms with van der Waals surface area (Å²) < 4.78 is 7.52. The molecule has 0 aliphatic carbocycles. The summed E-state index contributed by atoms with van der Waals surface area (Å²) in [4.78, 5) is 4.20. The van der Waals surface area contributed by atoms with Crippen LogP contribution in [0.2, 0.25) is 0 Å². The number of rotatable bonds is 3. The second-order valence-electron chi connectivity index (χ2n) is 3.92. The molecular weight excluding hydrogens is 192 g/mol. The van der Waals surface area contributed by atoms with Crippen molar-refractivity contribution in [3.63, 3.8) is 0 Å². The van der Waals surface area contributed by atoms with E-state index in [-0.39, 0.29) is 6.10 Å². The molecule has 0 bridgehead atoms. The highest BCUT2D eigenvalue weighted by molar-refractivity contribution is 4.99. The Balaban J connectivity index is 2.08. The first kappa shape index (κ1) is 10.6. The third-order valence-electron chi connectivity index (χ3n) is 2.92. The molecule has 1 saturated heterocycles. The zero-order valence-electron chi connectivity index (χ0n) is 9.09. The zero-order valence-corrected chi connectivity index (χ0v) is 9.09. The van der Waals surface area contributed by atoms with Gasteiger partial charge >= 0.3 is 0 Å². The Morgan fingerprint density at radius 3 is 3.20 bits per heavy atom. The predicted molar refractivity (Wildman–Crippen MR) is 56.5 cm³/mol. The fourth-order valence-corrected chi connectivity index (χ4v) is 2.04. The molecule has 4 nitrogen and oxygen atoms in total. The van der Waals surface area contributed by atoms with Gasteiger partial charge in [-0.2, -0.15) is 0 Å². The van der Waals surface area contributed by atoms with Crippen LogP contribution in [0.25, 0.3) is 0 Å². The normalized spacial score (nSPS) is 24.0. The van der Waals surface area contributed by atoms with Crippen LogP contribution in [-0.4, -0.2) is 27.4 Å². The minimum Gasteiger partial charge on any atom is -0.382 e. The lowest BCUT2D eigenvalue weighted by Crippen LogP contribution is -2.28. The van der Waals surface area contributed by atoms with Crippen molar-refractivity contribution in [2.24, 2.45) is 0 Å². The summed E-state index contributed by atoms with van der Waals surface area (Å²) >= 11 is 0. The molecule has 2 unspecified atom stereocenters. The standard InChI is InChI=1S/C11H18N2O2/c1-2-13-7-6-12-11(13)10(14)9-5-3-4-8-15-9/h6-7,9-10,14H,2-5,8H2,1H3. The molecule has 1 aliphatic heterocycles. The second-order valence-corrected chi connectivity index (χ2v) is 3.92. The molecule has 2 atom stereocenters. The maximum Gasteiger partial charge on any atom is 0.140 e. The smallest absolute Gasteiger partial charge is 0.140 e. The van der Waals surface area contributed by atoms with Gasteiger partial charge in [0.2, 0.25) is 0 Å². The maximum atomic E-state index is 10.1. The van der Waals surface area contributed by atoms with E-state index in [9.17, 15) is 5.11 Å². The van der Waals surface area contributed by atoms with E-state index in [4.69, 9.17) is 4.74 Å². The molecule has 1 aromatic heterocycles. The lowest BCUT2D eigenvalue weighted by molar-refractivity contribution is -0.0674. The summed E-state index contributed by atoms with van der Waals surface area (Å²) in [6.45, 7) is 3.63. The largest absolute Gasteiger partial charge is 0.382 e. The Hall–Kier alpha value is -0.870. The Morgan fingerprint density at radius 2 is 2.53 bits per heavy atom. The summed E-state index contributed by atoms with van der Waals surface area (Å²) in [7, 11) is 0. The minimum atomic E-state index is -0.583. The number of ether oxygens (including phenoxy) is 1. The van der Waals surface area contributed by atoms with E-state index in [2.05, 4.69) is 4.98 Å². The molecule has 0 radical (unpaired) electrons. The van der Waals surface area contributed by atoms with Crippen molar-refractivity contribution in [3.8, 4) is 0 Å². The van der Waals surface area contributed by atoms with Gasteiger partial charge in [0.25, 0.3) is 0 Å². The van der Waals surface area contributed by atoms with Crippen LogP contribution < -0.4 is 0 Å². The molecule has 0 aromatic carbocycles. The van der Waals surface area contributed by atoms with Gasteiger partial charge in [-0.3, -0.25) is 0 Å². The van der Waals surface area contributed by atoms with E-state index in [1.165, 1.54) is 0 Å². The second kappa shape index (κ2) is 4.77.